The fourth-order valence-electron chi connectivity index (χ4n) is 2.32. The van der Waals surface area contributed by atoms with Gasteiger partial charge in [-0.25, -0.2) is 4.79 Å². The van der Waals surface area contributed by atoms with Crippen LogP contribution in [0.25, 0.3) is 21.5 Å². The summed E-state index contributed by atoms with van der Waals surface area (Å²) < 4.78 is 1.87. The molecule has 0 spiro atoms. The molecule has 0 unspecified atom stereocenters. The van der Waals surface area contributed by atoms with Crippen LogP contribution in [0.15, 0.2) is 30.3 Å². The Kier molecular flexibility index (Phi) is 3.06. The number of fused-ring (bicyclic) bond motifs is 1. The molecule has 2 aromatic heterocycles. The number of aromatic carboxylic acids is 1. The zero-order valence-corrected chi connectivity index (χ0v) is 12.1. The van der Waals surface area contributed by atoms with E-state index in [1.165, 1.54) is 11.3 Å². The van der Waals surface area contributed by atoms with Crippen LogP contribution in [0, 0.1) is 6.92 Å². The molecule has 4 nitrogen and oxygen atoms in total. The van der Waals surface area contributed by atoms with Crippen LogP contribution in [0.2, 0.25) is 0 Å². The highest BCUT2D eigenvalue weighted by Crippen LogP contribution is 2.35. The smallest absolute Gasteiger partial charge is 0.345 e. The minimum Gasteiger partial charge on any atom is -0.477 e. The topological polar surface area (TPSA) is 55.1 Å². The van der Waals surface area contributed by atoms with Crippen LogP contribution in [0.3, 0.4) is 0 Å². The third-order valence-electron chi connectivity index (χ3n) is 3.33. The van der Waals surface area contributed by atoms with Crippen molar-refractivity contribution in [3.05, 3.63) is 40.8 Å². The SMILES string of the molecule is CCn1nc(-c2ccccc2C)c2cc(C(=O)O)sc21. The first-order chi connectivity index (χ1) is 9.61. The number of thiophene rings is 1. The standard InChI is InChI=1S/C15H14N2O2S/c1-3-17-14-11(8-12(20-14)15(18)19)13(16-17)10-7-5-4-6-9(10)2/h4-8H,3H2,1-2H3,(H,18,19). The zero-order valence-electron chi connectivity index (χ0n) is 11.3. The molecule has 0 aliphatic heterocycles. The second-order valence-electron chi connectivity index (χ2n) is 4.61. The minimum atomic E-state index is -0.885. The maximum Gasteiger partial charge on any atom is 0.345 e. The Morgan fingerprint density at radius 1 is 1.40 bits per heavy atom. The van der Waals surface area contributed by atoms with E-state index in [9.17, 15) is 4.79 Å². The van der Waals surface area contributed by atoms with Crippen LogP contribution in [-0.2, 0) is 6.54 Å². The molecule has 0 bridgehead atoms. The summed E-state index contributed by atoms with van der Waals surface area (Å²) in [6.07, 6.45) is 0. The molecule has 1 N–H and O–H groups in total. The van der Waals surface area contributed by atoms with Crippen molar-refractivity contribution in [2.45, 2.75) is 20.4 Å². The molecule has 2 heterocycles. The molecule has 0 saturated carbocycles. The Bertz CT molecular complexity index is 801. The number of hydrogen-bond donors (Lipinski definition) is 1. The van der Waals surface area contributed by atoms with E-state index >= 15 is 0 Å². The number of aryl methyl sites for hydroxylation is 2. The average molecular weight is 286 g/mol. The molecule has 102 valence electrons. The van der Waals surface area contributed by atoms with Crippen molar-refractivity contribution < 1.29 is 9.90 Å². The third-order valence-corrected chi connectivity index (χ3v) is 4.47. The minimum absolute atomic E-state index is 0.356. The van der Waals surface area contributed by atoms with Gasteiger partial charge in [0.25, 0.3) is 0 Å². The fourth-order valence-corrected chi connectivity index (χ4v) is 3.33. The molecule has 0 aliphatic rings. The Morgan fingerprint density at radius 3 is 2.80 bits per heavy atom. The van der Waals surface area contributed by atoms with Crippen molar-refractivity contribution in [2.24, 2.45) is 0 Å². The molecule has 0 saturated heterocycles. The number of benzene rings is 1. The Hall–Kier alpha value is -2.14. The number of carboxylic acid groups (broad SMARTS) is 1. The number of carboxylic acids is 1. The molecule has 0 radical (unpaired) electrons. The van der Waals surface area contributed by atoms with Gasteiger partial charge >= 0.3 is 5.97 Å². The molecule has 0 amide bonds. The van der Waals surface area contributed by atoms with Gasteiger partial charge in [0.1, 0.15) is 15.4 Å². The number of carbonyl (C=O) groups is 1. The van der Waals surface area contributed by atoms with Crippen molar-refractivity contribution >= 4 is 27.5 Å². The highest BCUT2D eigenvalue weighted by atomic mass is 32.1. The van der Waals surface area contributed by atoms with Crippen LogP contribution >= 0.6 is 11.3 Å². The van der Waals surface area contributed by atoms with Crippen LogP contribution < -0.4 is 0 Å². The van der Waals surface area contributed by atoms with Crippen molar-refractivity contribution in [3.63, 3.8) is 0 Å². The number of rotatable bonds is 3. The lowest BCUT2D eigenvalue weighted by molar-refractivity contribution is 0.0702. The lowest BCUT2D eigenvalue weighted by atomic mass is 10.0. The fraction of sp³-hybridized carbons (Fsp3) is 0.200. The Morgan fingerprint density at radius 2 is 2.15 bits per heavy atom. The van der Waals surface area contributed by atoms with Gasteiger partial charge in [0.05, 0.1) is 0 Å². The lowest BCUT2D eigenvalue weighted by Crippen LogP contribution is -1.96. The number of nitrogens with zero attached hydrogens (tertiary/aromatic N) is 2. The predicted molar refractivity (Wildman–Crippen MR) is 80.4 cm³/mol. The Balaban J connectivity index is 2.30. The van der Waals surface area contributed by atoms with E-state index in [1.54, 1.807) is 6.07 Å². The van der Waals surface area contributed by atoms with Crippen LogP contribution in [-0.4, -0.2) is 20.9 Å². The van der Waals surface area contributed by atoms with Crippen molar-refractivity contribution in [3.8, 4) is 11.3 Å². The van der Waals surface area contributed by atoms with Gasteiger partial charge < -0.3 is 5.11 Å². The largest absolute Gasteiger partial charge is 0.477 e. The summed E-state index contributed by atoms with van der Waals surface area (Å²) in [5.74, 6) is -0.885. The van der Waals surface area contributed by atoms with Gasteiger partial charge in [-0.2, -0.15) is 5.10 Å². The van der Waals surface area contributed by atoms with E-state index in [4.69, 9.17) is 5.11 Å². The van der Waals surface area contributed by atoms with Gasteiger partial charge in [-0.05, 0) is 25.5 Å². The second-order valence-corrected chi connectivity index (χ2v) is 5.64. The lowest BCUT2D eigenvalue weighted by Gasteiger charge is -2.02. The molecule has 5 heteroatoms. The maximum atomic E-state index is 11.2. The summed E-state index contributed by atoms with van der Waals surface area (Å²) in [5, 5.41) is 14.7. The van der Waals surface area contributed by atoms with E-state index in [0.717, 1.165) is 33.6 Å². The second kappa shape index (κ2) is 4.76. The summed E-state index contributed by atoms with van der Waals surface area (Å²) in [6, 6.07) is 9.75. The third kappa shape index (κ3) is 1.91. The van der Waals surface area contributed by atoms with Crippen molar-refractivity contribution in [1.82, 2.24) is 9.78 Å². The highest BCUT2D eigenvalue weighted by molar-refractivity contribution is 7.20. The molecule has 0 fully saturated rings. The van der Waals surface area contributed by atoms with Crippen LogP contribution in [0.1, 0.15) is 22.2 Å². The summed E-state index contributed by atoms with van der Waals surface area (Å²) in [7, 11) is 0. The summed E-state index contributed by atoms with van der Waals surface area (Å²) in [5.41, 5.74) is 3.06. The molecular weight excluding hydrogens is 272 g/mol. The summed E-state index contributed by atoms with van der Waals surface area (Å²) in [4.78, 5) is 12.4. The van der Waals surface area contributed by atoms with Crippen molar-refractivity contribution in [1.29, 1.82) is 0 Å². The number of hydrogen-bond acceptors (Lipinski definition) is 3. The first kappa shape index (κ1) is 12.9. The monoisotopic (exact) mass is 286 g/mol. The van der Waals surface area contributed by atoms with E-state index < -0.39 is 5.97 Å². The molecular formula is C15H14N2O2S. The van der Waals surface area contributed by atoms with E-state index in [0.29, 0.717) is 4.88 Å². The van der Waals surface area contributed by atoms with Gasteiger partial charge in [0, 0.05) is 17.5 Å². The van der Waals surface area contributed by atoms with Crippen LogP contribution in [0.5, 0.6) is 0 Å². The average Bonchev–Trinajstić information content (AvgIpc) is 2.98. The van der Waals surface area contributed by atoms with Gasteiger partial charge in [-0.1, -0.05) is 24.3 Å². The van der Waals surface area contributed by atoms with Gasteiger partial charge in [-0.3, -0.25) is 4.68 Å². The van der Waals surface area contributed by atoms with E-state index in [-0.39, 0.29) is 0 Å². The van der Waals surface area contributed by atoms with Crippen molar-refractivity contribution in [2.75, 3.05) is 0 Å². The summed E-state index contributed by atoms with van der Waals surface area (Å²) >= 11 is 1.28. The van der Waals surface area contributed by atoms with Gasteiger partial charge in [0.2, 0.25) is 0 Å². The quantitative estimate of drug-likeness (QED) is 0.797. The van der Waals surface area contributed by atoms with E-state index in [1.807, 2.05) is 42.8 Å². The predicted octanol–water partition coefficient (Wildman–Crippen LogP) is 3.79. The molecule has 0 atom stereocenters. The summed E-state index contributed by atoms with van der Waals surface area (Å²) in [6.45, 7) is 4.77. The number of aromatic nitrogens is 2. The zero-order chi connectivity index (χ0) is 14.3. The molecule has 20 heavy (non-hydrogen) atoms. The maximum absolute atomic E-state index is 11.2. The van der Waals surface area contributed by atoms with Crippen LogP contribution in [0.4, 0.5) is 0 Å². The molecule has 3 aromatic rings. The van der Waals surface area contributed by atoms with E-state index in [2.05, 4.69) is 5.10 Å². The first-order valence-electron chi connectivity index (χ1n) is 6.41. The normalized spacial score (nSPS) is 11.1. The molecule has 1 aromatic carbocycles. The first-order valence-corrected chi connectivity index (χ1v) is 7.23. The Labute approximate surface area is 120 Å². The molecule has 3 rings (SSSR count). The van der Waals surface area contributed by atoms with Gasteiger partial charge in [-0.15, -0.1) is 11.3 Å². The van der Waals surface area contributed by atoms with Gasteiger partial charge in [0.15, 0.2) is 0 Å². The molecule has 0 aliphatic carbocycles. The highest BCUT2D eigenvalue weighted by Gasteiger charge is 2.18.